The Morgan fingerprint density at radius 3 is 2.58 bits per heavy atom. The predicted molar refractivity (Wildman–Crippen MR) is 116 cm³/mol. The summed E-state index contributed by atoms with van der Waals surface area (Å²) in [5.74, 6) is 0.475. The number of carbonyl (C=O) groups excluding carboxylic acids is 1. The number of anilines is 1. The number of ether oxygens (including phenoxy) is 1. The fraction of sp³-hybridized carbons (Fsp3) is 0.476. The van der Waals surface area contributed by atoms with Gasteiger partial charge in [-0.05, 0) is 49.1 Å². The summed E-state index contributed by atoms with van der Waals surface area (Å²) in [6, 6.07) is 6.10. The molecule has 0 radical (unpaired) electrons. The van der Waals surface area contributed by atoms with Gasteiger partial charge in [-0.1, -0.05) is 0 Å². The fourth-order valence-electron chi connectivity index (χ4n) is 3.82. The van der Waals surface area contributed by atoms with Gasteiger partial charge in [0.05, 0.1) is 18.1 Å². The van der Waals surface area contributed by atoms with E-state index >= 15 is 0 Å². The van der Waals surface area contributed by atoms with Crippen LogP contribution in [0.4, 0.5) is 5.95 Å². The molecule has 4 rings (SSSR count). The lowest BCUT2D eigenvalue weighted by atomic mass is 9.92. The van der Waals surface area contributed by atoms with Crippen molar-refractivity contribution in [3.8, 4) is 0 Å². The quantitative estimate of drug-likeness (QED) is 0.727. The van der Waals surface area contributed by atoms with Gasteiger partial charge in [0.15, 0.2) is 0 Å². The summed E-state index contributed by atoms with van der Waals surface area (Å²) in [5.41, 5.74) is 2.52. The molecule has 1 saturated heterocycles. The van der Waals surface area contributed by atoms with Gasteiger partial charge in [-0.2, -0.15) is 4.31 Å². The molecule has 1 N–H and O–H groups in total. The number of sulfonamides is 1. The smallest absolute Gasteiger partial charge is 0.251 e. The van der Waals surface area contributed by atoms with Crippen molar-refractivity contribution in [3.63, 3.8) is 0 Å². The SMILES string of the molecule is CN(C)c1ncc2c(n1)CCC(NC(=O)c1ccc(S(=O)(=O)N3CCOCC3)cc1)C2. The third-order valence-corrected chi connectivity index (χ3v) is 7.51. The van der Waals surface area contributed by atoms with Crippen molar-refractivity contribution in [2.24, 2.45) is 0 Å². The van der Waals surface area contributed by atoms with E-state index in [2.05, 4.69) is 15.3 Å². The minimum atomic E-state index is -3.57. The van der Waals surface area contributed by atoms with Gasteiger partial charge in [0.25, 0.3) is 5.91 Å². The molecule has 1 aromatic carbocycles. The molecule has 1 atom stereocenters. The first-order valence-corrected chi connectivity index (χ1v) is 11.8. The molecule has 1 aliphatic carbocycles. The van der Waals surface area contributed by atoms with Crippen LogP contribution in [0, 0.1) is 0 Å². The molecule has 10 heteroatoms. The Kier molecular flexibility index (Phi) is 6.22. The highest BCUT2D eigenvalue weighted by Crippen LogP contribution is 2.22. The normalized spacial score (nSPS) is 19.5. The molecule has 1 fully saturated rings. The van der Waals surface area contributed by atoms with Gasteiger partial charge in [-0.25, -0.2) is 18.4 Å². The van der Waals surface area contributed by atoms with E-state index in [0.29, 0.717) is 44.2 Å². The molecule has 0 bridgehead atoms. The second-order valence-electron chi connectivity index (χ2n) is 7.99. The zero-order valence-electron chi connectivity index (χ0n) is 17.7. The molecule has 9 nitrogen and oxygen atoms in total. The number of nitrogens with one attached hydrogen (secondary N) is 1. The fourth-order valence-corrected chi connectivity index (χ4v) is 5.23. The molecular weight excluding hydrogens is 418 g/mol. The Morgan fingerprint density at radius 1 is 1.19 bits per heavy atom. The van der Waals surface area contributed by atoms with Crippen LogP contribution in [0.25, 0.3) is 0 Å². The summed E-state index contributed by atoms with van der Waals surface area (Å²) >= 11 is 0. The van der Waals surface area contributed by atoms with Gasteiger partial charge in [0, 0.05) is 50.7 Å². The highest BCUT2D eigenvalue weighted by atomic mass is 32.2. The number of nitrogens with zero attached hydrogens (tertiary/aromatic N) is 4. The van der Waals surface area contributed by atoms with Crippen molar-refractivity contribution < 1.29 is 17.9 Å². The number of hydrogen-bond acceptors (Lipinski definition) is 7. The van der Waals surface area contributed by atoms with E-state index in [1.165, 1.54) is 16.4 Å². The van der Waals surface area contributed by atoms with E-state index in [1.807, 2.05) is 25.2 Å². The summed E-state index contributed by atoms with van der Waals surface area (Å²) in [4.78, 5) is 23.7. The zero-order chi connectivity index (χ0) is 22.0. The van der Waals surface area contributed by atoms with Crippen LogP contribution in [0.15, 0.2) is 35.4 Å². The van der Waals surface area contributed by atoms with Crippen LogP contribution in [-0.4, -0.2) is 75.0 Å². The number of hydrogen-bond donors (Lipinski definition) is 1. The van der Waals surface area contributed by atoms with Gasteiger partial charge < -0.3 is 15.0 Å². The van der Waals surface area contributed by atoms with E-state index in [9.17, 15) is 13.2 Å². The first kappa shape index (κ1) is 21.7. The molecular formula is C21H27N5O4S. The minimum absolute atomic E-state index is 0.00874. The molecule has 2 aromatic rings. The number of rotatable bonds is 5. The van der Waals surface area contributed by atoms with Crippen LogP contribution in [0.1, 0.15) is 28.0 Å². The van der Waals surface area contributed by atoms with Gasteiger partial charge in [0.2, 0.25) is 16.0 Å². The van der Waals surface area contributed by atoms with Crippen molar-refractivity contribution in [2.75, 3.05) is 45.3 Å². The van der Waals surface area contributed by atoms with E-state index in [4.69, 9.17) is 4.74 Å². The van der Waals surface area contributed by atoms with E-state index in [0.717, 1.165) is 24.1 Å². The van der Waals surface area contributed by atoms with Crippen LogP contribution in [-0.2, 0) is 27.6 Å². The molecule has 31 heavy (non-hydrogen) atoms. The maximum Gasteiger partial charge on any atom is 0.251 e. The second kappa shape index (κ2) is 8.89. The Bertz CT molecular complexity index is 1050. The van der Waals surface area contributed by atoms with Crippen molar-refractivity contribution in [1.29, 1.82) is 0 Å². The van der Waals surface area contributed by atoms with Crippen molar-refractivity contribution in [3.05, 3.63) is 47.3 Å². The zero-order valence-corrected chi connectivity index (χ0v) is 18.6. The maximum absolute atomic E-state index is 12.7. The van der Waals surface area contributed by atoms with Crippen molar-refractivity contribution >= 4 is 21.9 Å². The lowest BCUT2D eigenvalue weighted by Crippen LogP contribution is -2.40. The molecule has 0 saturated carbocycles. The predicted octanol–water partition coefficient (Wildman–Crippen LogP) is 0.851. The Morgan fingerprint density at radius 2 is 1.90 bits per heavy atom. The minimum Gasteiger partial charge on any atom is -0.379 e. The average molecular weight is 446 g/mol. The standard InChI is InChI=1S/C21H27N5O4S/c1-25(2)21-22-14-16-13-17(5-8-19(16)24-21)23-20(27)15-3-6-18(7-4-15)31(28,29)26-9-11-30-12-10-26/h3-4,6-7,14,17H,5,8-13H2,1-2H3,(H,23,27). The number of fused-ring (bicyclic) bond motifs is 1. The van der Waals surface area contributed by atoms with Crippen LogP contribution in [0.2, 0.25) is 0 Å². The third-order valence-electron chi connectivity index (χ3n) is 5.60. The Hall–Kier alpha value is -2.56. The number of aryl methyl sites for hydroxylation is 1. The molecule has 0 spiro atoms. The van der Waals surface area contributed by atoms with Gasteiger partial charge in [-0.3, -0.25) is 4.79 Å². The molecule has 1 unspecified atom stereocenters. The molecule has 166 valence electrons. The molecule has 2 aliphatic rings. The van der Waals surface area contributed by atoms with E-state index < -0.39 is 10.0 Å². The van der Waals surface area contributed by atoms with Crippen LogP contribution >= 0.6 is 0 Å². The van der Waals surface area contributed by atoms with Gasteiger partial charge in [-0.15, -0.1) is 0 Å². The topological polar surface area (TPSA) is 105 Å². The average Bonchev–Trinajstić information content (AvgIpc) is 2.79. The number of benzene rings is 1. The highest BCUT2D eigenvalue weighted by Gasteiger charge is 2.27. The van der Waals surface area contributed by atoms with Crippen LogP contribution in [0.3, 0.4) is 0 Å². The summed E-state index contributed by atoms with van der Waals surface area (Å²) < 4.78 is 32.1. The first-order chi connectivity index (χ1) is 14.8. The molecule has 1 aliphatic heterocycles. The van der Waals surface area contributed by atoms with Crippen LogP contribution < -0.4 is 10.2 Å². The number of carbonyl (C=O) groups is 1. The van der Waals surface area contributed by atoms with Crippen molar-refractivity contribution in [2.45, 2.75) is 30.2 Å². The Labute approximate surface area is 182 Å². The number of amides is 1. The van der Waals surface area contributed by atoms with Gasteiger partial charge >= 0.3 is 0 Å². The third kappa shape index (κ3) is 4.70. The lowest BCUT2D eigenvalue weighted by molar-refractivity contribution is 0.0730. The summed E-state index contributed by atoms with van der Waals surface area (Å²) in [6.45, 7) is 1.47. The molecule has 2 heterocycles. The summed E-state index contributed by atoms with van der Waals surface area (Å²) in [6.07, 6.45) is 4.09. The molecule has 1 amide bonds. The number of aromatic nitrogens is 2. The van der Waals surface area contributed by atoms with E-state index in [-0.39, 0.29) is 16.8 Å². The lowest BCUT2D eigenvalue weighted by Gasteiger charge is -2.26. The second-order valence-corrected chi connectivity index (χ2v) is 9.93. The largest absolute Gasteiger partial charge is 0.379 e. The molecule has 1 aromatic heterocycles. The van der Waals surface area contributed by atoms with Gasteiger partial charge in [0.1, 0.15) is 0 Å². The monoisotopic (exact) mass is 445 g/mol. The van der Waals surface area contributed by atoms with Crippen LogP contribution in [0.5, 0.6) is 0 Å². The van der Waals surface area contributed by atoms with E-state index in [1.54, 1.807) is 12.1 Å². The first-order valence-electron chi connectivity index (χ1n) is 10.4. The summed E-state index contributed by atoms with van der Waals surface area (Å²) in [7, 11) is 0.245. The number of morpholine rings is 1. The maximum atomic E-state index is 12.7. The van der Waals surface area contributed by atoms with Crippen molar-refractivity contribution in [1.82, 2.24) is 19.6 Å². The highest BCUT2D eigenvalue weighted by molar-refractivity contribution is 7.89. The summed E-state index contributed by atoms with van der Waals surface area (Å²) in [5, 5.41) is 3.05. The Balaban J connectivity index is 1.40.